The minimum atomic E-state index is -0.541. The van der Waals surface area contributed by atoms with Crippen LogP contribution in [0, 0.1) is 29.5 Å². The van der Waals surface area contributed by atoms with Gasteiger partial charge in [0, 0.05) is 6.42 Å². The molecule has 0 aliphatic carbocycles. The van der Waals surface area contributed by atoms with Crippen LogP contribution < -0.4 is 4.74 Å². The molecule has 0 amide bonds. The summed E-state index contributed by atoms with van der Waals surface area (Å²) in [5.74, 6) is 1.96. The molecule has 0 fully saturated rings. The molecule has 1 aromatic carbocycles. The largest absolute Gasteiger partial charge is 0.490 e. The van der Waals surface area contributed by atoms with Crippen LogP contribution in [0.25, 0.3) is 0 Å². The lowest BCUT2D eigenvalue weighted by molar-refractivity contribution is 0.310. The number of benzene rings is 1. The molecular weight excluding hydrogens is 181 g/mol. The standard InChI is InChI=1S/C11H8FNO/c1-2-3-6-14-11-5-4-9(8-13)7-10(11)12/h1,4-5,7H,3,6H2. The summed E-state index contributed by atoms with van der Waals surface area (Å²) in [4.78, 5) is 0. The van der Waals surface area contributed by atoms with Crippen molar-refractivity contribution >= 4 is 0 Å². The van der Waals surface area contributed by atoms with Crippen molar-refractivity contribution in [2.24, 2.45) is 0 Å². The van der Waals surface area contributed by atoms with Gasteiger partial charge in [0.2, 0.25) is 0 Å². The van der Waals surface area contributed by atoms with Crippen molar-refractivity contribution in [3.05, 3.63) is 29.6 Å². The van der Waals surface area contributed by atoms with Crippen LogP contribution in [0.5, 0.6) is 5.75 Å². The maximum atomic E-state index is 13.1. The number of hydrogen-bond donors (Lipinski definition) is 0. The molecule has 0 saturated heterocycles. The van der Waals surface area contributed by atoms with E-state index < -0.39 is 5.82 Å². The van der Waals surface area contributed by atoms with Crippen molar-refractivity contribution in [3.63, 3.8) is 0 Å². The highest BCUT2D eigenvalue weighted by molar-refractivity contribution is 5.35. The van der Waals surface area contributed by atoms with Gasteiger partial charge in [0.1, 0.15) is 0 Å². The lowest BCUT2D eigenvalue weighted by Gasteiger charge is -2.04. The summed E-state index contributed by atoms with van der Waals surface area (Å²) in [6.45, 7) is 0.277. The fourth-order valence-electron chi connectivity index (χ4n) is 0.907. The zero-order valence-electron chi connectivity index (χ0n) is 7.46. The fourth-order valence-corrected chi connectivity index (χ4v) is 0.907. The van der Waals surface area contributed by atoms with Crippen molar-refractivity contribution in [1.29, 1.82) is 5.26 Å². The van der Waals surface area contributed by atoms with Crippen molar-refractivity contribution in [1.82, 2.24) is 0 Å². The third-order valence-electron chi connectivity index (χ3n) is 1.56. The van der Waals surface area contributed by atoms with E-state index in [9.17, 15) is 4.39 Å². The second-order valence-electron chi connectivity index (χ2n) is 2.56. The zero-order valence-corrected chi connectivity index (χ0v) is 7.46. The summed E-state index contributed by atoms with van der Waals surface area (Å²) in [7, 11) is 0. The number of rotatable bonds is 3. The Hall–Kier alpha value is -2.00. The molecule has 2 nitrogen and oxygen atoms in total. The molecule has 3 heteroatoms. The number of terminal acetylenes is 1. The monoisotopic (exact) mass is 189 g/mol. The van der Waals surface area contributed by atoms with Crippen molar-refractivity contribution in [3.8, 4) is 24.2 Å². The van der Waals surface area contributed by atoms with Crippen LogP contribution in [0.1, 0.15) is 12.0 Å². The highest BCUT2D eigenvalue weighted by atomic mass is 19.1. The Morgan fingerprint density at radius 1 is 1.50 bits per heavy atom. The minimum absolute atomic E-state index is 0.124. The molecule has 0 radical (unpaired) electrons. The fraction of sp³-hybridized carbons (Fsp3) is 0.182. The maximum Gasteiger partial charge on any atom is 0.166 e. The van der Waals surface area contributed by atoms with Gasteiger partial charge in [-0.15, -0.1) is 12.3 Å². The molecule has 0 saturated carbocycles. The lowest BCUT2D eigenvalue weighted by Crippen LogP contribution is -1.98. The van der Waals surface area contributed by atoms with Gasteiger partial charge in [-0.25, -0.2) is 4.39 Å². The first-order valence-corrected chi connectivity index (χ1v) is 4.04. The topological polar surface area (TPSA) is 33.0 Å². The van der Waals surface area contributed by atoms with E-state index in [1.54, 1.807) is 0 Å². The number of ether oxygens (including phenoxy) is 1. The second-order valence-corrected chi connectivity index (χ2v) is 2.56. The Morgan fingerprint density at radius 2 is 2.29 bits per heavy atom. The molecule has 1 aromatic rings. The maximum absolute atomic E-state index is 13.1. The average Bonchev–Trinajstić information content (AvgIpc) is 2.20. The Morgan fingerprint density at radius 3 is 2.86 bits per heavy atom. The molecule has 0 atom stereocenters. The molecule has 0 spiro atoms. The molecule has 70 valence electrons. The highest BCUT2D eigenvalue weighted by Gasteiger charge is 2.03. The molecule has 0 aliphatic heterocycles. The predicted molar refractivity (Wildman–Crippen MR) is 50.1 cm³/mol. The van der Waals surface area contributed by atoms with Crippen molar-refractivity contribution in [2.75, 3.05) is 6.61 Å². The van der Waals surface area contributed by atoms with E-state index in [2.05, 4.69) is 5.92 Å². The minimum Gasteiger partial charge on any atom is -0.490 e. The van der Waals surface area contributed by atoms with E-state index in [4.69, 9.17) is 16.4 Å². The molecule has 0 bridgehead atoms. The van der Waals surface area contributed by atoms with Crippen LogP contribution in [0.4, 0.5) is 4.39 Å². The molecule has 0 aliphatic rings. The van der Waals surface area contributed by atoms with Gasteiger partial charge >= 0.3 is 0 Å². The van der Waals surface area contributed by atoms with E-state index in [0.29, 0.717) is 6.42 Å². The average molecular weight is 189 g/mol. The smallest absolute Gasteiger partial charge is 0.166 e. The molecule has 0 unspecified atom stereocenters. The number of halogens is 1. The van der Waals surface area contributed by atoms with Crippen LogP contribution in [-0.2, 0) is 0 Å². The van der Waals surface area contributed by atoms with Gasteiger partial charge < -0.3 is 4.74 Å². The second kappa shape index (κ2) is 4.89. The quantitative estimate of drug-likeness (QED) is 0.538. The van der Waals surface area contributed by atoms with Gasteiger partial charge in [-0.2, -0.15) is 5.26 Å². The summed E-state index contributed by atoms with van der Waals surface area (Å²) < 4.78 is 18.2. The van der Waals surface area contributed by atoms with Crippen LogP contribution in [0.15, 0.2) is 18.2 Å². The van der Waals surface area contributed by atoms with Crippen molar-refractivity contribution < 1.29 is 9.13 Å². The Bertz CT molecular complexity index is 401. The molecule has 14 heavy (non-hydrogen) atoms. The van der Waals surface area contributed by atoms with Gasteiger partial charge in [-0.3, -0.25) is 0 Å². The van der Waals surface area contributed by atoms with Gasteiger partial charge in [0.15, 0.2) is 11.6 Å². The van der Waals surface area contributed by atoms with E-state index >= 15 is 0 Å². The molecule has 0 aromatic heterocycles. The van der Waals surface area contributed by atoms with Crippen LogP contribution >= 0.6 is 0 Å². The Kier molecular flexibility index (Phi) is 3.52. The predicted octanol–water partition coefficient (Wildman–Crippen LogP) is 2.10. The normalized spacial score (nSPS) is 8.79. The van der Waals surface area contributed by atoms with Crippen LogP contribution in [0.2, 0.25) is 0 Å². The number of nitriles is 1. The first-order valence-electron chi connectivity index (χ1n) is 4.04. The number of nitrogens with zero attached hydrogens (tertiary/aromatic N) is 1. The summed E-state index contributed by atoms with van der Waals surface area (Å²) in [6, 6.07) is 5.88. The molecule has 1 rings (SSSR count). The molecule has 0 N–H and O–H groups in total. The number of hydrogen-bond acceptors (Lipinski definition) is 2. The SMILES string of the molecule is C#CCCOc1ccc(C#N)cc1F. The lowest BCUT2D eigenvalue weighted by atomic mass is 10.2. The van der Waals surface area contributed by atoms with E-state index in [1.165, 1.54) is 12.1 Å². The third kappa shape index (κ3) is 2.50. The van der Waals surface area contributed by atoms with E-state index in [-0.39, 0.29) is 17.9 Å². The van der Waals surface area contributed by atoms with Gasteiger partial charge in [0.25, 0.3) is 0 Å². The highest BCUT2D eigenvalue weighted by Crippen LogP contribution is 2.17. The van der Waals surface area contributed by atoms with E-state index in [0.717, 1.165) is 6.07 Å². The van der Waals surface area contributed by atoms with Crippen molar-refractivity contribution in [2.45, 2.75) is 6.42 Å². The summed E-state index contributed by atoms with van der Waals surface area (Å²) in [5, 5.41) is 8.48. The van der Waals surface area contributed by atoms with Crippen LogP contribution in [0.3, 0.4) is 0 Å². The zero-order chi connectivity index (χ0) is 10.4. The van der Waals surface area contributed by atoms with Gasteiger partial charge in [0.05, 0.1) is 18.2 Å². The molecular formula is C11H8FNO. The van der Waals surface area contributed by atoms with E-state index in [1.807, 2.05) is 6.07 Å². The first-order chi connectivity index (χ1) is 6.77. The Balaban J connectivity index is 2.71. The van der Waals surface area contributed by atoms with Crippen LogP contribution in [-0.4, -0.2) is 6.61 Å². The third-order valence-corrected chi connectivity index (χ3v) is 1.56. The first kappa shape index (κ1) is 10.1. The van der Waals surface area contributed by atoms with Gasteiger partial charge in [-0.1, -0.05) is 0 Å². The summed E-state index contributed by atoms with van der Waals surface area (Å²) in [5.41, 5.74) is 0.270. The van der Waals surface area contributed by atoms with Gasteiger partial charge in [-0.05, 0) is 18.2 Å². The summed E-state index contributed by atoms with van der Waals surface area (Å²) >= 11 is 0. The molecule has 0 heterocycles. The summed E-state index contributed by atoms with van der Waals surface area (Å²) in [6.07, 6.45) is 5.44. The Labute approximate surface area is 81.9 Å².